The third-order valence-corrected chi connectivity index (χ3v) is 9.89. The summed E-state index contributed by atoms with van der Waals surface area (Å²) in [7, 11) is 0. The minimum absolute atomic E-state index is 0.0816. The van der Waals surface area contributed by atoms with E-state index in [4.69, 9.17) is 4.74 Å². The Hall–Kier alpha value is -5.02. The Morgan fingerprint density at radius 1 is 0.468 bits per heavy atom. The van der Waals surface area contributed by atoms with E-state index in [2.05, 4.69) is 180 Å². The lowest BCUT2D eigenvalue weighted by molar-refractivity contribution is 0.487. The summed E-state index contributed by atoms with van der Waals surface area (Å²) in [5.41, 5.74) is 14.9. The van der Waals surface area contributed by atoms with Crippen molar-refractivity contribution in [2.75, 3.05) is 4.90 Å². The number of ether oxygens (including phenoxy) is 1. The predicted octanol–water partition coefficient (Wildman–Crippen LogP) is 10.0. The molecule has 6 aromatic rings. The van der Waals surface area contributed by atoms with Crippen LogP contribution >= 0.6 is 0 Å². The average molecular weight is 610 g/mol. The second-order valence-corrected chi connectivity index (χ2v) is 15.0. The van der Waals surface area contributed by atoms with Crippen LogP contribution in [-0.2, 0) is 10.8 Å². The van der Waals surface area contributed by atoms with Crippen LogP contribution in [0.15, 0.2) is 133 Å². The van der Waals surface area contributed by atoms with Gasteiger partial charge in [0.05, 0.1) is 5.69 Å². The molecule has 0 fully saturated rings. The van der Waals surface area contributed by atoms with E-state index in [0.29, 0.717) is 0 Å². The average Bonchev–Trinajstić information content (AvgIpc) is 3.07. The Balaban J connectivity index is 1.41. The maximum atomic E-state index is 6.62. The number of fused-ring (bicyclic) bond motifs is 4. The van der Waals surface area contributed by atoms with E-state index in [-0.39, 0.29) is 17.5 Å². The van der Waals surface area contributed by atoms with Gasteiger partial charge in [0.15, 0.2) is 0 Å². The standard InChI is InChI=1S/C44H40BNO/c1-43(2,3)31-25-21-29(22-26-31)33-13-11-14-34(30-23-27-32(28-24-30)44(4,5)6)42(33)46-37-17-9-7-15-35(37)45-36-16-8-10-19-39(36)47-40-20-12-18-38(46)41(40)45/h7-28H,1-6H3. The fraction of sp³-hybridized carbons (Fsp3) is 0.182. The first-order valence-electron chi connectivity index (χ1n) is 16.7. The van der Waals surface area contributed by atoms with Gasteiger partial charge in [0.2, 0.25) is 0 Å². The van der Waals surface area contributed by atoms with Gasteiger partial charge in [-0.3, -0.25) is 0 Å². The lowest BCUT2D eigenvalue weighted by atomic mass is 9.34. The van der Waals surface area contributed by atoms with Gasteiger partial charge in [0, 0.05) is 22.5 Å². The van der Waals surface area contributed by atoms with Gasteiger partial charge in [0.25, 0.3) is 6.71 Å². The van der Waals surface area contributed by atoms with Crippen LogP contribution in [0.3, 0.4) is 0 Å². The molecule has 0 saturated carbocycles. The summed E-state index contributed by atoms with van der Waals surface area (Å²) in [6.45, 7) is 13.7. The third-order valence-electron chi connectivity index (χ3n) is 9.89. The summed E-state index contributed by atoms with van der Waals surface area (Å²) in [4.78, 5) is 2.50. The third kappa shape index (κ3) is 4.88. The van der Waals surface area contributed by atoms with Crippen LogP contribution in [0, 0.1) is 0 Å². The van der Waals surface area contributed by atoms with Gasteiger partial charge in [-0.05, 0) is 73.7 Å². The first-order valence-corrected chi connectivity index (χ1v) is 16.7. The number of anilines is 3. The second kappa shape index (κ2) is 10.8. The SMILES string of the molecule is CC(C)(C)c1ccc(-c2cccc(-c3ccc(C(C)(C)C)cc3)c2N2c3ccccc3B3c4ccccc4Oc4cccc2c43)cc1. The minimum atomic E-state index is 0.0816. The molecule has 0 aromatic heterocycles. The molecule has 0 saturated heterocycles. The molecular weight excluding hydrogens is 569 g/mol. The van der Waals surface area contributed by atoms with Crippen molar-refractivity contribution in [3.05, 3.63) is 145 Å². The molecule has 0 spiro atoms. The molecule has 0 unspecified atom stereocenters. The highest BCUT2D eigenvalue weighted by molar-refractivity contribution is 6.99. The second-order valence-electron chi connectivity index (χ2n) is 15.0. The molecule has 6 aromatic carbocycles. The molecule has 2 nitrogen and oxygen atoms in total. The molecule has 0 amide bonds. The van der Waals surface area contributed by atoms with Crippen LogP contribution in [-0.4, -0.2) is 6.71 Å². The zero-order valence-corrected chi connectivity index (χ0v) is 28.1. The van der Waals surface area contributed by atoms with Gasteiger partial charge < -0.3 is 9.64 Å². The summed E-state index contributed by atoms with van der Waals surface area (Å²) < 4.78 is 6.62. The molecule has 2 heterocycles. The first kappa shape index (κ1) is 29.4. The van der Waals surface area contributed by atoms with Crippen molar-refractivity contribution in [1.82, 2.24) is 0 Å². The topological polar surface area (TPSA) is 12.5 Å². The number of para-hydroxylation sites is 3. The van der Waals surface area contributed by atoms with Crippen molar-refractivity contribution in [3.8, 4) is 33.8 Å². The Morgan fingerprint density at radius 2 is 0.957 bits per heavy atom. The van der Waals surface area contributed by atoms with Crippen molar-refractivity contribution >= 4 is 40.2 Å². The van der Waals surface area contributed by atoms with Crippen LogP contribution in [0.5, 0.6) is 11.5 Å². The molecule has 0 bridgehead atoms. The minimum Gasteiger partial charge on any atom is -0.458 e. The largest absolute Gasteiger partial charge is 0.458 e. The van der Waals surface area contributed by atoms with E-state index in [0.717, 1.165) is 17.2 Å². The van der Waals surface area contributed by atoms with Crippen LogP contribution in [0.2, 0.25) is 0 Å². The quantitative estimate of drug-likeness (QED) is 0.185. The Morgan fingerprint density at radius 3 is 1.55 bits per heavy atom. The number of nitrogens with zero attached hydrogens (tertiary/aromatic N) is 1. The Kier molecular flexibility index (Phi) is 6.74. The molecular formula is C44H40BNO. The van der Waals surface area contributed by atoms with Crippen LogP contribution in [0.25, 0.3) is 22.3 Å². The molecule has 47 heavy (non-hydrogen) atoms. The number of hydrogen-bond donors (Lipinski definition) is 0. The van der Waals surface area contributed by atoms with Crippen molar-refractivity contribution in [2.24, 2.45) is 0 Å². The lowest BCUT2D eigenvalue weighted by Gasteiger charge is -2.41. The Labute approximate surface area is 279 Å². The van der Waals surface area contributed by atoms with Gasteiger partial charge in [-0.15, -0.1) is 0 Å². The number of rotatable bonds is 3. The number of hydrogen-bond acceptors (Lipinski definition) is 2. The molecule has 2 aliphatic heterocycles. The van der Waals surface area contributed by atoms with Gasteiger partial charge in [-0.1, -0.05) is 151 Å². The van der Waals surface area contributed by atoms with E-state index in [1.807, 2.05) is 0 Å². The van der Waals surface area contributed by atoms with Gasteiger partial charge >= 0.3 is 0 Å². The molecule has 0 N–H and O–H groups in total. The van der Waals surface area contributed by atoms with Crippen LogP contribution in [0.4, 0.5) is 17.1 Å². The smallest absolute Gasteiger partial charge is 0.256 e. The highest BCUT2D eigenvalue weighted by atomic mass is 16.5. The van der Waals surface area contributed by atoms with Gasteiger partial charge in [-0.25, -0.2) is 0 Å². The summed E-state index contributed by atoms with van der Waals surface area (Å²) in [6.07, 6.45) is 0. The van der Waals surface area contributed by atoms with Crippen molar-refractivity contribution < 1.29 is 4.74 Å². The molecule has 8 rings (SSSR count). The number of benzene rings is 6. The molecule has 3 heteroatoms. The highest BCUT2D eigenvalue weighted by Crippen LogP contribution is 2.48. The molecule has 230 valence electrons. The maximum absolute atomic E-state index is 6.62. The summed E-state index contributed by atoms with van der Waals surface area (Å²) >= 11 is 0. The maximum Gasteiger partial charge on any atom is 0.256 e. The fourth-order valence-corrected chi connectivity index (χ4v) is 7.37. The van der Waals surface area contributed by atoms with E-state index < -0.39 is 0 Å². The predicted molar refractivity (Wildman–Crippen MR) is 201 cm³/mol. The monoisotopic (exact) mass is 609 g/mol. The van der Waals surface area contributed by atoms with Crippen LogP contribution < -0.4 is 26.0 Å². The molecule has 0 radical (unpaired) electrons. The molecule has 0 aliphatic carbocycles. The normalized spacial score (nSPS) is 13.4. The van der Waals surface area contributed by atoms with Gasteiger partial charge in [0.1, 0.15) is 11.5 Å². The zero-order valence-electron chi connectivity index (χ0n) is 28.1. The van der Waals surface area contributed by atoms with Crippen molar-refractivity contribution in [1.29, 1.82) is 0 Å². The van der Waals surface area contributed by atoms with Crippen molar-refractivity contribution in [2.45, 2.75) is 52.4 Å². The molecule has 0 atom stereocenters. The summed E-state index contributed by atoms with van der Waals surface area (Å²) in [5, 5.41) is 0. The highest BCUT2D eigenvalue weighted by Gasteiger charge is 2.42. The van der Waals surface area contributed by atoms with E-state index in [1.54, 1.807) is 0 Å². The van der Waals surface area contributed by atoms with Gasteiger partial charge in [-0.2, -0.15) is 0 Å². The van der Waals surface area contributed by atoms with E-state index in [1.165, 1.54) is 61.1 Å². The van der Waals surface area contributed by atoms with Crippen molar-refractivity contribution in [3.63, 3.8) is 0 Å². The van der Waals surface area contributed by atoms with E-state index in [9.17, 15) is 0 Å². The Bertz CT molecular complexity index is 2060. The zero-order chi connectivity index (χ0) is 32.5. The summed E-state index contributed by atoms with van der Waals surface area (Å²) in [6, 6.07) is 49.1. The van der Waals surface area contributed by atoms with E-state index >= 15 is 0 Å². The first-order chi connectivity index (χ1) is 22.6. The lowest BCUT2D eigenvalue weighted by Crippen LogP contribution is -2.59. The summed E-state index contributed by atoms with van der Waals surface area (Å²) in [5.74, 6) is 1.86. The van der Waals surface area contributed by atoms with Crippen LogP contribution in [0.1, 0.15) is 52.7 Å². The molecule has 2 aliphatic rings. The fourth-order valence-electron chi connectivity index (χ4n) is 7.37.